The number of hydrogen-bond acceptors (Lipinski definition) is 15. The lowest BCUT2D eigenvalue weighted by molar-refractivity contribution is -0.161. The second-order valence-corrected chi connectivity index (χ2v) is 30.9. The van der Waals surface area contributed by atoms with Crippen LogP contribution in [0.25, 0.3) is 0 Å². The first kappa shape index (κ1) is 92.1. The van der Waals surface area contributed by atoms with Crippen molar-refractivity contribution in [1.82, 2.24) is 0 Å². The van der Waals surface area contributed by atoms with Crippen LogP contribution in [0, 0.1) is 11.8 Å². The number of phosphoric acid groups is 2. The van der Waals surface area contributed by atoms with Crippen LogP contribution in [0.1, 0.15) is 388 Å². The van der Waals surface area contributed by atoms with Crippen LogP contribution in [0.4, 0.5) is 0 Å². The van der Waals surface area contributed by atoms with Gasteiger partial charge in [-0.05, 0) is 37.5 Å². The summed E-state index contributed by atoms with van der Waals surface area (Å²) in [5.74, 6) is -0.607. The van der Waals surface area contributed by atoms with Crippen molar-refractivity contribution in [3.63, 3.8) is 0 Å². The lowest BCUT2D eigenvalue weighted by Crippen LogP contribution is -2.30. The molecule has 0 rings (SSSR count). The molecule has 0 amide bonds. The van der Waals surface area contributed by atoms with Crippen molar-refractivity contribution in [3.8, 4) is 0 Å². The van der Waals surface area contributed by atoms with Crippen LogP contribution >= 0.6 is 15.6 Å². The van der Waals surface area contributed by atoms with Crippen molar-refractivity contribution in [2.45, 2.75) is 407 Å². The minimum atomic E-state index is -4.95. The molecule has 94 heavy (non-hydrogen) atoms. The first-order chi connectivity index (χ1) is 45.4. The van der Waals surface area contributed by atoms with E-state index >= 15 is 0 Å². The number of esters is 4. The highest BCUT2D eigenvalue weighted by atomic mass is 31.2. The zero-order valence-corrected chi connectivity index (χ0v) is 63.1. The fourth-order valence-corrected chi connectivity index (χ4v) is 13.1. The number of unbranched alkanes of at least 4 members (excludes halogenated alkanes) is 44. The van der Waals surface area contributed by atoms with Crippen molar-refractivity contribution in [2.75, 3.05) is 39.6 Å². The Morgan fingerprint density at radius 3 is 0.723 bits per heavy atom. The maximum Gasteiger partial charge on any atom is 0.472 e. The molecule has 5 atom stereocenters. The molecule has 558 valence electrons. The lowest BCUT2D eigenvalue weighted by Gasteiger charge is -2.21. The maximum absolute atomic E-state index is 13.1. The van der Waals surface area contributed by atoms with Crippen LogP contribution in [0.3, 0.4) is 0 Å². The van der Waals surface area contributed by atoms with E-state index in [9.17, 15) is 43.2 Å². The molecule has 3 N–H and O–H groups in total. The van der Waals surface area contributed by atoms with E-state index in [1.54, 1.807) is 0 Å². The molecule has 0 radical (unpaired) electrons. The summed E-state index contributed by atoms with van der Waals surface area (Å²) in [5.41, 5.74) is 0. The van der Waals surface area contributed by atoms with Crippen LogP contribution in [0.2, 0.25) is 0 Å². The van der Waals surface area contributed by atoms with E-state index in [1.807, 2.05) is 0 Å². The number of phosphoric ester groups is 2. The molecule has 0 fully saturated rings. The summed E-state index contributed by atoms with van der Waals surface area (Å²) >= 11 is 0. The van der Waals surface area contributed by atoms with Gasteiger partial charge in [-0.15, -0.1) is 0 Å². The molecule has 17 nitrogen and oxygen atoms in total. The van der Waals surface area contributed by atoms with Gasteiger partial charge in [0.2, 0.25) is 0 Å². The van der Waals surface area contributed by atoms with Crippen LogP contribution in [0.15, 0.2) is 0 Å². The Kier molecular flexibility index (Phi) is 65.5. The summed E-state index contributed by atoms with van der Waals surface area (Å²) < 4.78 is 68.2. The molecule has 0 aromatic carbocycles. The molecule has 0 aromatic rings. The zero-order valence-electron chi connectivity index (χ0n) is 61.3. The number of rotatable bonds is 74. The van der Waals surface area contributed by atoms with Gasteiger partial charge in [0.15, 0.2) is 12.2 Å². The predicted octanol–water partition coefficient (Wildman–Crippen LogP) is 21.9. The Bertz CT molecular complexity index is 1820. The highest BCUT2D eigenvalue weighted by Gasteiger charge is 2.30. The summed E-state index contributed by atoms with van der Waals surface area (Å²) in [6, 6.07) is 0. The standard InChI is InChI=1S/C75H146O17P2/c1-7-9-11-13-14-15-16-17-18-19-20-21-22-23-24-25-26-29-36-41-47-53-59-75(80)92-71(64-86-73(78)58-52-46-40-35-30-27-28-33-38-44-49-55-67(3)4)66-90-94(83,84)88-62-69(76)61-87-93(81,82)89-65-70(63-85-72(77)57-51-43-12-10-8-2)91-74(79)60-54-48-42-37-32-31-34-39-45-50-56-68(5)6/h67-71,76H,7-66H2,1-6H3,(H,81,82)(H,83,84)/t69-,70+,71+/m0/s1. The molecular formula is C75H146O17P2. The number of aliphatic hydroxyl groups is 1. The van der Waals surface area contributed by atoms with E-state index in [0.717, 1.165) is 108 Å². The molecule has 0 aromatic heterocycles. The van der Waals surface area contributed by atoms with Crippen molar-refractivity contribution >= 4 is 39.5 Å². The molecule has 0 bridgehead atoms. The number of hydrogen-bond donors (Lipinski definition) is 3. The summed E-state index contributed by atoms with van der Waals surface area (Å²) in [6.45, 7) is 9.48. The topological polar surface area (TPSA) is 237 Å². The first-order valence-corrected chi connectivity index (χ1v) is 42.0. The van der Waals surface area contributed by atoms with Crippen molar-refractivity contribution in [1.29, 1.82) is 0 Å². The average molecular weight is 1380 g/mol. The van der Waals surface area contributed by atoms with Gasteiger partial charge in [-0.2, -0.15) is 0 Å². The van der Waals surface area contributed by atoms with E-state index in [2.05, 4.69) is 41.5 Å². The van der Waals surface area contributed by atoms with Gasteiger partial charge in [-0.1, -0.05) is 337 Å². The Morgan fingerprint density at radius 2 is 0.489 bits per heavy atom. The van der Waals surface area contributed by atoms with Gasteiger partial charge < -0.3 is 33.8 Å². The summed E-state index contributed by atoms with van der Waals surface area (Å²) in [7, 11) is -9.90. The Labute approximate surface area is 575 Å². The van der Waals surface area contributed by atoms with E-state index < -0.39 is 97.5 Å². The molecule has 0 saturated carbocycles. The van der Waals surface area contributed by atoms with Crippen LogP contribution in [0.5, 0.6) is 0 Å². The smallest absolute Gasteiger partial charge is 0.462 e. The van der Waals surface area contributed by atoms with Crippen LogP contribution in [-0.4, -0.2) is 96.7 Å². The number of aliphatic hydroxyl groups excluding tert-OH is 1. The number of ether oxygens (including phenoxy) is 4. The predicted molar refractivity (Wildman–Crippen MR) is 381 cm³/mol. The normalized spacial score (nSPS) is 14.0. The van der Waals surface area contributed by atoms with Gasteiger partial charge in [-0.3, -0.25) is 37.3 Å². The van der Waals surface area contributed by atoms with Crippen molar-refractivity contribution in [2.24, 2.45) is 11.8 Å². The fourth-order valence-electron chi connectivity index (χ4n) is 11.5. The molecule has 19 heteroatoms. The summed E-state index contributed by atoms with van der Waals surface area (Å²) in [6.07, 6.45) is 54.7. The monoisotopic (exact) mass is 1380 g/mol. The van der Waals surface area contributed by atoms with Gasteiger partial charge in [0.25, 0.3) is 0 Å². The highest BCUT2D eigenvalue weighted by Crippen LogP contribution is 2.45. The van der Waals surface area contributed by atoms with E-state index in [-0.39, 0.29) is 25.7 Å². The minimum Gasteiger partial charge on any atom is -0.462 e. The SMILES string of the molecule is CCCCCCCCCCCCCCCCCCCCCCCCC(=O)O[C@H](COC(=O)CCCCCCCCCCCCCC(C)C)COP(=O)(O)OC[C@@H](O)COP(=O)(O)OC[C@@H](COC(=O)CCCCCCC)OC(=O)CCCCCCCCCCCCC(C)C. The van der Waals surface area contributed by atoms with E-state index in [1.165, 1.54) is 199 Å². The Balaban J connectivity index is 5.11. The molecular weight excluding hydrogens is 1230 g/mol. The van der Waals surface area contributed by atoms with Crippen LogP contribution in [-0.2, 0) is 65.4 Å². The third-order valence-electron chi connectivity index (χ3n) is 17.5. The second-order valence-electron chi connectivity index (χ2n) is 28.0. The third kappa shape index (κ3) is 68.6. The fraction of sp³-hybridized carbons (Fsp3) is 0.947. The average Bonchev–Trinajstić information content (AvgIpc) is 1.69. The molecule has 0 aliphatic rings. The highest BCUT2D eigenvalue weighted by molar-refractivity contribution is 7.47. The molecule has 0 aliphatic carbocycles. The largest absolute Gasteiger partial charge is 0.472 e. The molecule has 2 unspecified atom stereocenters. The van der Waals surface area contributed by atoms with Gasteiger partial charge in [0, 0.05) is 25.7 Å². The molecule has 0 spiro atoms. The lowest BCUT2D eigenvalue weighted by atomic mass is 10.0. The van der Waals surface area contributed by atoms with Gasteiger partial charge in [0.1, 0.15) is 19.3 Å². The van der Waals surface area contributed by atoms with Gasteiger partial charge in [-0.25, -0.2) is 9.13 Å². The molecule has 0 saturated heterocycles. The van der Waals surface area contributed by atoms with Crippen molar-refractivity contribution < 1.29 is 80.2 Å². The zero-order chi connectivity index (χ0) is 69.3. The Morgan fingerprint density at radius 1 is 0.287 bits per heavy atom. The van der Waals surface area contributed by atoms with E-state index in [0.29, 0.717) is 25.7 Å². The number of carbonyl (C=O) groups is 4. The summed E-state index contributed by atoms with van der Waals surface area (Å²) in [4.78, 5) is 72.4. The van der Waals surface area contributed by atoms with Crippen LogP contribution < -0.4 is 0 Å². The minimum absolute atomic E-state index is 0.105. The maximum atomic E-state index is 13.1. The molecule has 0 heterocycles. The van der Waals surface area contributed by atoms with Crippen molar-refractivity contribution in [3.05, 3.63) is 0 Å². The summed E-state index contributed by atoms with van der Waals surface area (Å²) in [5, 5.41) is 10.6. The first-order valence-electron chi connectivity index (χ1n) is 39.0. The quantitative estimate of drug-likeness (QED) is 0.0222. The third-order valence-corrected chi connectivity index (χ3v) is 19.4. The van der Waals surface area contributed by atoms with Gasteiger partial charge in [0.05, 0.1) is 26.4 Å². The Hall–Kier alpha value is -1.94. The van der Waals surface area contributed by atoms with E-state index in [4.69, 9.17) is 37.0 Å². The van der Waals surface area contributed by atoms with Gasteiger partial charge >= 0.3 is 39.5 Å². The number of carbonyl (C=O) groups excluding carboxylic acids is 4. The second kappa shape index (κ2) is 66.9. The molecule has 0 aliphatic heterocycles.